The highest BCUT2D eigenvalue weighted by atomic mass is 79.9. The largest absolute Gasteiger partial charge is 0.476 e. The molecule has 0 spiro atoms. The van der Waals surface area contributed by atoms with Gasteiger partial charge < -0.3 is 10.4 Å². The molecule has 0 radical (unpaired) electrons. The quantitative estimate of drug-likeness (QED) is 0.589. The van der Waals surface area contributed by atoms with Crippen molar-refractivity contribution in [3.05, 3.63) is 45.7 Å². The molecule has 0 aliphatic heterocycles. The topological polar surface area (TPSA) is 92.2 Å². The summed E-state index contributed by atoms with van der Waals surface area (Å²) in [6, 6.07) is 7.17. The van der Waals surface area contributed by atoms with Gasteiger partial charge >= 0.3 is 5.97 Å². The first-order valence-electron chi connectivity index (χ1n) is 5.90. The van der Waals surface area contributed by atoms with Crippen molar-refractivity contribution in [1.29, 1.82) is 0 Å². The molecule has 2 N–H and O–H groups in total. The Balaban J connectivity index is 1.96. The van der Waals surface area contributed by atoms with Gasteiger partial charge in [-0.3, -0.25) is 4.79 Å². The summed E-state index contributed by atoms with van der Waals surface area (Å²) >= 11 is 10.0. The first-order valence-corrected chi connectivity index (χ1v) is 8.05. The lowest BCUT2D eigenvalue weighted by Crippen LogP contribution is -2.14. The zero-order valence-corrected chi connectivity index (χ0v) is 14.1. The molecule has 9 heteroatoms. The van der Waals surface area contributed by atoms with E-state index in [1.807, 2.05) is 6.07 Å². The molecule has 0 saturated carbocycles. The Labute approximate surface area is 143 Å². The zero-order chi connectivity index (χ0) is 16.1. The van der Waals surface area contributed by atoms with Gasteiger partial charge in [-0.1, -0.05) is 45.4 Å². The smallest absolute Gasteiger partial charge is 0.356 e. The van der Waals surface area contributed by atoms with E-state index in [1.54, 1.807) is 18.2 Å². The molecule has 6 nitrogen and oxygen atoms in total. The summed E-state index contributed by atoms with van der Waals surface area (Å²) < 4.78 is 0.852. The van der Waals surface area contributed by atoms with E-state index in [1.165, 1.54) is 6.20 Å². The highest BCUT2D eigenvalue weighted by Gasteiger charge is 2.13. The lowest BCUT2D eigenvalue weighted by atomic mass is 10.3. The lowest BCUT2D eigenvalue weighted by molar-refractivity contribution is -0.113. The van der Waals surface area contributed by atoms with Crippen molar-refractivity contribution in [2.45, 2.75) is 5.16 Å². The number of carbonyl (C=O) groups excluding carboxylic acids is 1. The number of amides is 1. The number of benzene rings is 1. The fourth-order valence-electron chi connectivity index (χ4n) is 1.46. The van der Waals surface area contributed by atoms with Crippen LogP contribution in [0.25, 0.3) is 0 Å². The van der Waals surface area contributed by atoms with Crippen LogP contribution in [0.15, 0.2) is 40.1 Å². The fraction of sp³-hybridized carbons (Fsp3) is 0.0769. The van der Waals surface area contributed by atoms with Crippen LogP contribution in [0.3, 0.4) is 0 Å². The predicted octanol–water partition coefficient (Wildman–Crippen LogP) is 3.32. The Morgan fingerprint density at radius 2 is 2.18 bits per heavy atom. The Morgan fingerprint density at radius 1 is 1.41 bits per heavy atom. The second kappa shape index (κ2) is 7.57. The third-order valence-electron chi connectivity index (χ3n) is 2.37. The van der Waals surface area contributed by atoms with E-state index in [4.69, 9.17) is 16.7 Å². The van der Waals surface area contributed by atoms with E-state index in [0.29, 0.717) is 5.69 Å². The van der Waals surface area contributed by atoms with Crippen molar-refractivity contribution >= 4 is 56.9 Å². The number of aromatic carboxylic acids is 1. The molecule has 0 saturated heterocycles. The van der Waals surface area contributed by atoms with Gasteiger partial charge in [-0.05, 0) is 18.2 Å². The van der Waals surface area contributed by atoms with Gasteiger partial charge in [0, 0.05) is 10.2 Å². The molecule has 1 heterocycles. The molecule has 0 aliphatic rings. The molecule has 1 aromatic carbocycles. The molecule has 1 aromatic heterocycles. The van der Waals surface area contributed by atoms with Gasteiger partial charge in [-0.25, -0.2) is 14.8 Å². The molecular formula is C13H9BrClN3O3S. The van der Waals surface area contributed by atoms with Gasteiger partial charge in [0.25, 0.3) is 0 Å². The van der Waals surface area contributed by atoms with Crippen LogP contribution in [0.1, 0.15) is 10.5 Å². The van der Waals surface area contributed by atoms with Crippen molar-refractivity contribution in [2.75, 3.05) is 11.1 Å². The SMILES string of the molecule is O=C(CSc1ncc(Cl)c(C(=O)O)n1)Nc1cccc(Br)c1. The van der Waals surface area contributed by atoms with Gasteiger partial charge in [0.2, 0.25) is 5.91 Å². The maximum atomic E-state index is 11.8. The number of halogens is 2. The maximum Gasteiger partial charge on any atom is 0.356 e. The number of thioether (sulfide) groups is 1. The summed E-state index contributed by atoms with van der Waals surface area (Å²) in [6.45, 7) is 0. The number of nitrogens with one attached hydrogen (secondary N) is 1. The molecule has 0 bridgehead atoms. The molecule has 0 unspecified atom stereocenters. The minimum absolute atomic E-state index is 0.0459. The minimum Gasteiger partial charge on any atom is -0.476 e. The van der Waals surface area contributed by atoms with Crippen LogP contribution in [0.5, 0.6) is 0 Å². The summed E-state index contributed by atoms with van der Waals surface area (Å²) in [4.78, 5) is 30.4. The van der Waals surface area contributed by atoms with Gasteiger partial charge in [0.1, 0.15) is 0 Å². The van der Waals surface area contributed by atoms with Crippen LogP contribution in [0.2, 0.25) is 5.02 Å². The Bertz CT molecular complexity index is 729. The number of aromatic nitrogens is 2. The zero-order valence-electron chi connectivity index (χ0n) is 10.9. The van der Waals surface area contributed by atoms with Crippen molar-refractivity contribution in [3.8, 4) is 0 Å². The highest BCUT2D eigenvalue weighted by molar-refractivity contribution is 9.10. The second-order valence-corrected chi connectivity index (χ2v) is 6.27. The average molecular weight is 403 g/mol. The van der Waals surface area contributed by atoms with E-state index in [9.17, 15) is 9.59 Å². The van der Waals surface area contributed by atoms with E-state index >= 15 is 0 Å². The third-order valence-corrected chi connectivity index (χ3v) is 4.00. The van der Waals surface area contributed by atoms with E-state index in [0.717, 1.165) is 16.2 Å². The normalized spacial score (nSPS) is 10.3. The number of carboxylic acid groups (broad SMARTS) is 1. The summed E-state index contributed by atoms with van der Waals surface area (Å²) in [5.41, 5.74) is 0.370. The first-order chi connectivity index (χ1) is 10.5. The molecule has 0 atom stereocenters. The number of hydrogen-bond acceptors (Lipinski definition) is 5. The standard InChI is InChI=1S/C13H9BrClN3O3S/c14-7-2-1-3-8(4-7)17-10(19)6-22-13-16-5-9(15)11(18-13)12(20)21/h1-5H,6H2,(H,17,19)(H,20,21). The number of anilines is 1. The van der Waals surface area contributed by atoms with E-state index < -0.39 is 5.97 Å². The van der Waals surface area contributed by atoms with Crippen LogP contribution >= 0.6 is 39.3 Å². The number of nitrogens with zero attached hydrogens (tertiary/aromatic N) is 2. The predicted molar refractivity (Wildman–Crippen MR) is 87.5 cm³/mol. The third kappa shape index (κ3) is 4.69. The fourth-order valence-corrected chi connectivity index (χ4v) is 2.65. The summed E-state index contributed by atoms with van der Waals surface area (Å²) in [6.07, 6.45) is 1.20. The summed E-state index contributed by atoms with van der Waals surface area (Å²) in [5.74, 6) is -1.45. The van der Waals surface area contributed by atoms with Gasteiger partial charge in [0.05, 0.1) is 17.0 Å². The Hall–Kier alpha value is -1.64. The molecule has 2 rings (SSSR count). The minimum atomic E-state index is -1.24. The van der Waals surface area contributed by atoms with Crippen molar-refractivity contribution in [1.82, 2.24) is 9.97 Å². The number of carboxylic acids is 1. The molecule has 0 aliphatic carbocycles. The van der Waals surface area contributed by atoms with Crippen LogP contribution in [0, 0.1) is 0 Å². The molecule has 0 fully saturated rings. The number of rotatable bonds is 5. The summed E-state index contributed by atoms with van der Waals surface area (Å²) in [5, 5.41) is 11.8. The molecule has 22 heavy (non-hydrogen) atoms. The first kappa shape index (κ1) is 16.7. The Kier molecular flexibility index (Phi) is 5.76. The maximum absolute atomic E-state index is 11.8. The van der Waals surface area contributed by atoms with Gasteiger partial charge in [0.15, 0.2) is 10.9 Å². The molecule has 2 aromatic rings. The van der Waals surface area contributed by atoms with Crippen LogP contribution < -0.4 is 5.32 Å². The van der Waals surface area contributed by atoms with E-state index in [2.05, 4.69) is 31.2 Å². The van der Waals surface area contributed by atoms with Crippen molar-refractivity contribution in [3.63, 3.8) is 0 Å². The number of carbonyl (C=O) groups is 2. The molecule has 1 amide bonds. The van der Waals surface area contributed by atoms with Crippen LogP contribution in [-0.4, -0.2) is 32.7 Å². The summed E-state index contributed by atoms with van der Waals surface area (Å²) in [7, 11) is 0. The monoisotopic (exact) mass is 401 g/mol. The second-order valence-electron chi connectivity index (χ2n) is 4.00. The van der Waals surface area contributed by atoms with Crippen molar-refractivity contribution < 1.29 is 14.7 Å². The number of hydrogen-bond donors (Lipinski definition) is 2. The molecule has 114 valence electrons. The van der Waals surface area contributed by atoms with Crippen molar-refractivity contribution in [2.24, 2.45) is 0 Å². The average Bonchev–Trinajstić information content (AvgIpc) is 2.46. The van der Waals surface area contributed by atoms with Crippen LogP contribution in [0.4, 0.5) is 5.69 Å². The van der Waals surface area contributed by atoms with Gasteiger partial charge in [-0.2, -0.15) is 0 Å². The van der Waals surface area contributed by atoms with E-state index in [-0.39, 0.29) is 27.5 Å². The lowest BCUT2D eigenvalue weighted by Gasteiger charge is -2.05. The molecular weight excluding hydrogens is 394 g/mol. The van der Waals surface area contributed by atoms with Gasteiger partial charge in [-0.15, -0.1) is 0 Å². The Morgan fingerprint density at radius 3 is 2.86 bits per heavy atom. The van der Waals surface area contributed by atoms with Crippen LogP contribution in [-0.2, 0) is 4.79 Å². The highest BCUT2D eigenvalue weighted by Crippen LogP contribution is 2.19.